The van der Waals surface area contributed by atoms with Gasteiger partial charge in [0.15, 0.2) is 0 Å². The van der Waals surface area contributed by atoms with Crippen LogP contribution in [-0.2, 0) is 11.2 Å². The highest BCUT2D eigenvalue weighted by molar-refractivity contribution is 9.10. The maximum atomic E-state index is 5.14. The standard InChI is InChI=1S/C10H16BrN3O/c1-4-9-13-8(11)5-10(14-9)12-6-7(2)15-3/h5,7H,4,6H2,1-3H3,(H,12,13,14). The highest BCUT2D eigenvalue weighted by Gasteiger charge is 2.03. The quantitative estimate of drug-likeness (QED) is 0.836. The van der Waals surface area contributed by atoms with E-state index in [1.165, 1.54) is 0 Å². The first kappa shape index (κ1) is 12.4. The number of methoxy groups -OCH3 is 1. The van der Waals surface area contributed by atoms with Gasteiger partial charge in [0.05, 0.1) is 6.10 Å². The summed E-state index contributed by atoms with van der Waals surface area (Å²) >= 11 is 3.36. The van der Waals surface area contributed by atoms with Crippen molar-refractivity contribution in [3.8, 4) is 0 Å². The molecule has 0 saturated heterocycles. The number of halogens is 1. The van der Waals surface area contributed by atoms with Crippen molar-refractivity contribution in [2.24, 2.45) is 0 Å². The average Bonchev–Trinajstić information content (AvgIpc) is 2.25. The van der Waals surface area contributed by atoms with E-state index >= 15 is 0 Å². The van der Waals surface area contributed by atoms with Gasteiger partial charge >= 0.3 is 0 Å². The molecular formula is C10H16BrN3O. The number of aromatic nitrogens is 2. The molecule has 0 radical (unpaired) electrons. The molecule has 0 spiro atoms. The topological polar surface area (TPSA) is 47.0 Å². The summed E-state index contributed by atoms with van der Waals surface area (Å²) in [6.45, 7) is 4.77. The summed E-state index contributed by atoms with van der Waals surface area (Å²) in [5.74, 6) is 1.66. The fourth-order valence-corrected chi connectivity index (χ4v) is 1.47. The molecule has 0 fully saturated rings. The summed E-state index contributed by atoms with van der Waals surface area (Å²) in [5.41, 5.74) is 0. The van der Waals surface area contributed by atoms with Crippen molar-refractivity contribution in [3.05, 3.63) is 16.5 Å². The van der Waals surface area contributed by atoms with Crippen molar-refractivity contribution in [2.45, 2.75) is 26.4 Å². The largest absolute Gasteiger partial charge is 0.380 e. The maximum Gasteiger partial charge on any atom is 0.131 e. The van der Waals surface area contributed by atoms with Gasteiger partial charge in [-0.1, -0.05) is 6.92 Å². The zero-order chi connectivity index (χ0) is 11.3. The summed E-state index contributed by atoms with van der Waals surface area (Å²) < 4.78 is 5.95. The zero-order valence-corrected chi connectivity index (χ0v) is 10.8. The van der Waals surface area contributed by atoms with Gasteiger partial charge in [-0.15, -0.1) is 0 Å². The summed E-state index contributed by atoms with van der Waals surface area (Å²) in [7, 11) is 1.69. The summed E-state index contributed by atoms with van der Waals surface area (Å²) in [6.07, 6.45) is 0.998. The lowest BCUT2D eigenvalue weighted by atomic mass is 10.4. The van der Waals surface area contributed by atoms with Gasteiger partial charge < -0.3 is 10.1 Å². The molecule has 84 valence electrons. The molecule has 15 heavy (non-hydrogen) atoms. The Kier molecular flexibility index (Phi) is 4.98. The van der Waals surface area contributed by atoms with Gasteiger partial charge in [-0.2, -0.15) is 0 Å². The normalized spacial score (nSPS) is 12.5. The molecule has 1 atom stereocenters. The van der Waals surface area contributed by atoms with Crippen molar-refractivity contribution < 1.29 is 4.74 Å². The Morgan fingerprint density at radius 2 is 2.27 bits per heavy atom. The van der Waals surface area contributed by atoms with Crippen LogP contribution in [0.1, 0.15) is 19.7 Å². The highest BCUT2D eigenvalue weighted by Crippen LogP contribution is 2.12. The molecule has 1 aromatic heterocycles. The Balaban J connectivity index is 2.64. The molecule has 1 heterocycles. The molecule has 0 saturated carbocycles. The summed E-state index contributed by atoms with van der Waals surface area (Å²) in [4.78, 5) is 8.58. The van der Waals surface area contributed by atoms with E-state index in [4.69, 9.17) is 4.74 Å². The number of anilines is 1. The number of nitrogens with zero attached hydrogens (tertiary/aromatic N) is 2. The lowest BCUT2D eigenvalue weighted by Gasteiger charge is -2.11. The van der Waals surface area contributed by atoms with Gasteiger partial charge in [0, 0.05) is 26.1 Å². The van der Waals surface area contributed by atoms with Crippen molar-refractivity contribution in [2.75, 3.05) is 19.0 Å². The van der Waals surface area contributed by atoms with Gasteiger partial charge in [-0.3, -0.25) is 0 Å². The Morgan fingerprint density at radius 1 is 1.53 bits per heavy atom. The third-order valence-corrected chi connectivity index (χ3v) is 2.44. The van der Waals surface area contributed by atoms with Crippen molar-refractivity contribution in [1.82, 2.24) is 9.97 Å². The average molecular weight is 274 g/mol. The van der Waals surface area contributed by atoms with Gasteiger partial charge in [0.2, 0.25) is 0 Å². The first-order valence-corrected chi connectivity index (χ1v) is 5.75. The second-order valence-electron chi connectivity index (χ2n) is 3.27. The molecule has 0 aromatic carbocycles. The second kappa shape index (κ2) is 6.02. The second-order valence-corrected chi connectivity index (χ2v) is 4.09. The molecule has 0 bridgehead atoms. The molecule has 5 heteroatoms. The Bertz CT molecular complexity index is 320. The zero-order valence-electron chi connectivity index (χ0n) is 9.25. The number of hydrogen-bond acceptors (Lipinski definition) is 4. The molecule has 1 rings (SSSR count). The predicted molar refractivity (Wildman–Crippen MR) is 64.1 cm³/mol. The monoisotopic (exact) mass is 273 g/mol. The van der Waals surface area contributed by atoms with Crippen LogP contribution in [0.2, 0.25) is 0 Å². The Hall–Kier alpha value is -0.680. The molecule has 0 aliphatic heterocycles. The number of nitrogens with one attached hydrogen (secondary N) is 1. The van der Waals surface area contributed by atoms with Gasteiger partial charge in [-0.25, -0.2) is 9.97 Å². The summed E-state index contributed by atoms with van der Waals surface area (Å²) in [6, 6.07) is 1.86. The molecule has 1 aromatic rings. The van der Waals surface area contributed by atoms with Gasteiger partial charge in [0.1, 0.15) is 16.2 Å². The molecular weight excluding hydrogens is 258 g/mol. The third kappa shape index (κ3) is 4.13. The number of aryl methyl sites for hydroxylation is 1. The number of hydrogen-bond donors (Lipinski definition) is 1. The fourth-order valence-electron chi connectivity index (χ4n) is 1.05. The van der Waals surface area contributed by atoms with Crippen LogP contribution in [0.25, 0.3) is 0 Å². The van der Waals surface area contributed by atoms with Gasteiger partial charge in [-0.05, 0) is 22.9 Å². The first-order chi connectivity index (χ1) is 7.15. The van der Waals surface area contributed by atoms with Crippen LogP contribution in [0.3, 0.4) is 0 Å². The molecule has 4 nitrogen and oxygen atoms in total. The third-order valence-electron chi connectivity index (χ3n) is 2.03. The van der Waals surface area contributed by atoms with Crippen molar-refractivity contribution >= 4 is 21.7 Å². The predicted octanol–water partition coefficient (Wildman–Crippen LogP) is 2.25. The van der Waals surface area contributed by atoms with Crippen LogP contribution < -0.4 is 5.32 Å². The molecule has 1 N–H and O–H groups in total. The lowest BCUT2D eigenvalue weighted by Crippen LogP contribution is -2.19. The van der Waals surface area contributed by atoms with E-state index in [9.17, 15) is 0 Å². The van der Waals surface area contributed by atoms with E-state index in [0.717, 1.165) is 29.2 Å². The van der Waals surface area contributed by atoms with Crippen molar-refractivity contribution in [1.29, 1.82) is 0 Å². The van der Waals surface area contributed by atoms with E-state index < -0.39 is 0 Å². The number of ether oxygens (including phenoxy) is 1. The van der Waals surface area contributed by atoms with Crippen LogP contribution >= 0.6 is 15.9 Å². The minimum Gasteiger partial charge on any atom is -0.380 e. The molecule has 0 amide bonds. The van der Waals surface area contributed by atoms with E-state index in [0.29, 0.717) is 0 Å². The molecule has 0 aliphatic carbocycles. The van der Waals surface area contributed by atoms with Gasteiger partial charge in [0.25, 0.3) is 0 Å². The maximum absolute atomic E-state index is 5.14. The van der Waals surface area contributed by atoms with E-state index in [-0.39, 0.29) is 6.10 Å². The SMILES string of the molecule is CCc1nc(Br)cc(NCC(C)OC)n1. The Labute approximate surface area is 98.6 Å². The minimum absolute atomic E-state index is 0.170. The number of rotatable bonds is 5. The van der Waals surface area contributed by atoms with Crippen molar-refractivity contribution in [3.63, 3.8) is 0 Å². The van der Waals surface area contributed by atoms with Crippen LogP contribution in [0, 0.1) is 0 Å². The lowest BCUT2D eigenvalue weighted by molar-refractivity contribution is 0.128. The molecule has 0 aliphatic rings. The first-order valence-electron chi connectivity index (χ1n) is 4.95. The van der Waals surface area contributed by atoms with Crippen LogP contribution in [0.5, 0.6) is 0 Å². The highest BCUT2D eigenvalue weighted by atomic mass is 79.9. The van der Waals surface area contributed by atoms with E-state index in [2.05, 4.69) is 31.2 Å². The smallest absolute Gasteiger partial charge is 0.131 e. The minimum atomic E-state index is 0.170. The summed E-state index contributed by atoms with van der Waals surface area (Å²) in [5, 5.41) is 3.20. The molecule has 1 unspecified atom stereocenters. The fraction of sp³-hybridized carbons (Fsp3) is 0.600. The van der Waals surface area contributed by atoms with Crippen LogP contribution in [0.4, 0.5) is 5.82 Å². The Morgan fingerprint density at radius 3 is 2.87 bits per heavy atom. The van der Waals surface area contributed by atoms with E-state index in [1.807, 2.05) is 19.9 Å². The van der Waals surface area contributed by atoms with Crippen LogP contribution in [-0.4, -0.2) is 29.7 Å². The van der Waals surface area contributed by atoms with Crippen LogP contribution in [0.15, 0.2) is 10.7 Å². The van der Waals surface area contributed by atoms with E-state index in [1.54, 1.807) is 7.11 Å².